The molecule has 49 heavy (non-hydrogen) atoms. The molecule has 16 N–H and O–H groups in total. The summed E-state index contributed by atoms with van der Waals surface area (Å²) in [7, 11) is 0. The minimum Gasteiger partial charge on any atom is -0.370 e. The van der Waals surface area contributed by atoms with E-state index in [2.05, 4.69) is 65.8 Å². The normalized spacial score (nSPS) is 21.3. The van der Waals surface area contributed by atoms with Crippen LogP contribution in [0.4, 0.5) is 0 Å². The predicted molar refractivity (Wildman–Crippen MR) is 191 cm³/mol. The van der Waals surface area contributed by atoms with Crippen molar-refractivity contribution >= 4 is 36.3 Å². The van der Waals surface area contributed by atoms with Crippen LogP contribution in [0.25, 0.3) is 0 Å². The number of ether oxygens (including phenoxy) is 2. The van der Waals surface area contributed by atoms with E-state index in [0.29, 0.717) is 26.2 Å². The van der Waals surface area contributed by atoms with E-state index < -0.39 is 6.03 Å². The van der Waals surface area contributed by atoms with Gasteiger partial charge in [-0.3, -0.25) is 20.0 Å². The summed E-state index contributed by atoms with van der Waals surface area (Å²) >= 11 is 0. The van der Waals surface area contributed by atoms with E-state index in [9.17, 15) is 0 Å². The topological polar surface area (TPSA) is 282 Å². The molecule has 0 bridgehead atoms. The van der Waals surface area contributed by atoms with Crippen molar-refractivity contribution in [2.45, 2.75) is 69.5 Å². The van der Waals surface area contributed by atoms with Crippen molar-refractivity contribution in [3.63, 3.8) is 0 Å². The molecule has 0 aromatic heterocycles. The number of nitrogens with two attached hydrogens (primary N) is 8. The summed E-state index contributed by atoms with van der Waals surface area (Å²) in [5.41, 5.74) is 51.1. The predicted octanol–water partition coefficient (Wildman–Crippen LogP) is -1.15. The first-order valence-corrected chi connectivity index (χ1v) is 16.5. The number of nitrogens with zero attached hydrogens (tertiary/aromatic N) is 6. The first kappa shape index (κ1) is 33.4. The number of hydrogen-bond acceptors (Lipinski definition) is 6. The highest BCUT2D eigenvalue weighted by Crippen LogP contribution is 2.46. The van der Waals surface area contributed by atoms with E-state index in [1.165, 1.54) is 0 Å². The maximum atomic E-state index is 7.06. The van der Waals surface area contributed by atoms with Crippen molar-refractivity contribution in [3.8, 4) is 11.5 Å². The Bertz CT molecular complexity index is 1640. The van der Waals surface area contributed by atoms with E-state index in [-0.39, 0.29) is 47.8 Å². The molecule has 2 unspecified atom stereocenters. The molecule has 0 amide bonds. The van der Waals surface area contributed by atoms with Crippen LogP contribution < -0.4 is 55.3 Å². The number of aryl methyl sites for hydroxylation is 2. The lowest BCUT2D eigenvalue weighted by Crippen LogP contribution is -2.60. The molecule has 1 aliphatic carbocycles. The molecule has 16 heteroatoms. The number of guanidine groups is 4. The highest BCUT2D eigenvalue weighted by Gasteiger charge is 2.76. The van der Waals surface area contributed by atoms with Gasteiger partial charge >= 0.3 is 6.03 Å². The van der Waals surface area contributed by atoms with Gasteiger partial charge in [0.15, 0.2) is 47.8 Å². The Kier molecular flexibility index (Phi) is 8.96. The highest BCUT2D eigenvalue weighted by atomic mass is 16.7. The van der Waals surface area contributed by atoms with Crippen LogP contribution in [0.1, 0.15) is 70.9 Å². The van der Waals surface area contributed by atoms with Gasteiger partial charge in [0.25, 0.3) is 0 Å². The maximum absolute atomic E-state index is 7.06. The molecule has 1 saturated heterocycles. The van der Waals surface area contributed by atoms with E-state index >= 15 is 0 Å². The summed E-state index contributed by atoms with van der Waals surface area (Å²) < 4.78 is 18.6. The Morgan fingerprint density at radius 3 is 1.31 bits per heavy atom. The molecule has 1 saturated carbocycles. The second-order valence-corrected chi connectivity index (χ2v) is 13.2. The maximum Gasteiger partial charge on any atom is 0.704 e. The Morgan fingerprint density at radius 2 is 0.980 bits per heavy atom. The second-order valence-electron chi connectivity index (χ2n) is 13.2. The number of benzene rings is 2. The summed E-state index contributed by atoms with van der Waals surface area (Å²) in [5.74, 6) is 1.21. The molecule has 6 rings (SSSR count). The minimum absolute atomic E-state index is 0.00755. The van der Waals surface area contributed by atoms with Crippen LogP contribution in [0.5, 0.6) is 11.5 Å². The van der Waals surface area contributed by atoms with Crippen molar-refractivity contribution in [1.29, 1.82) is 0 Å². The van der Waals surface area contributed by atoms with Crippen molar-refractivity contribution in [3.05, 3.63) is 57.6 Å². The average molecular weight is 673 g/mol. The fourth-order valence-electron chi connectivity index (χ4n) is 7.45. The monoisotopic (exact) mass is 672 g/mol. The SMILES string of the molecule is Cc1cc(C(CN=C(N)N)CN=C(N)N)cc2c1OC13Oc4c(C)cc(C(CN=C(N)N)CN=C(N)N)cc4C=[N+]1C1CCCCC1[N+]3=C2. The van der Waals surface area contributed by atoms with Gasteiger partial charge < -0.3 is 55.3 Å². The third-order valence-electron chi connectivity index (χ3n) is 9.66. The molecule has 3 heterocycles. The van der Waals surface area contributed by atoms with Crippen molar-refractivity contribution in [2.24, 2.45) is 65.8 Å². The van der Waals surface area contributed by atoms with Crippen LogP contribution in [0.3, 0.4) is 0 Å². The third-order valence-corrected chi connectivity index (χ3v) is 9.66. The molecule has 2 aromatic carbocycles. The Morgan fingerprint density at radius 1 is 0.633 bits per heavy atom. The number of hydrogen-bond donors (Lipinski definition) is 8. The van der Waals surface area contributed by atoms with E-state index in [1.54, 1.807) is 0 Å². The fourth-order valence-corrected chi connectivity index (χ4v) is 7.45. The lowest BCUT2D eigenvalue weighted by atomic mass is 9.90. The van der Waals surface area contributed by atoms with E-state index in [1.807, 2.05) is 13.8 Å². The van der Waals surface area contributed by atoms with Gasteiger partial charge in [-0.1, -0.05) is 21.3 Å². The third kappa shape index (κ3) is 6.49. The quantitative estimate of drug-likeness (QED) is 0.0852. The lowest BCUT2D eigenvalue weighted by molar-refractivity contribution is -0.866. The molecule has 4 aliphatic rings. The molecular formula is C33H48N14O2+2. The molecule has 1 spiro atoms. The molecule has 260 valence electrons. The average Bonchev–Trinajstić information content (AvgIpc) is 3.31. The zero-order chi connectivity index (χ0) is 35.0. The van der Waals surface area contributed by atoms with Gasteiger partial charge in [-0.25, -0.2) is 0 Å². The van der Waals surface area contributed by atoms with Crippen LogP contribution in [0, 0.1) is 13.8 Å². The largest absolute Gasteiger partial charge is 0.704 e. The molecule has 3 aliphatic heterocycles. The van der Waals surface area contributed by atoms with Gasteiger partial charge in [-0.2, -0.15) is 0 Å². The van der Waals surface area contributed by atoms with E-state index in [0.717, 1.165) is 70.6 Å². The summed E-state index contributed by atoms with van der Waals surface area (Å²) in [6, 6.07) is 7.52. The van der Waals surface area contributed by atoms with E-state index in [4.69, 9.17) is 55.3 Å². The van der Waals surface area contributed by atoms with Gasteiger partial charge in [-0.15, -0.1) is 0 Å². The van der Waals surface area contributed by atoms with Gasteiger partial charge in [-0.05, 0) is 61.1 Å². The summed E-state index contributed by atoms with van der Waals surface area (Å²) in [6.07, 6.45) is 8.61. The lowest BCUT2D eigenvalue weighted by Gasteiger charge is -2.30. The van der Waals surface area contributed by atoms with Crippen molar-refractivity contribution < 1.29 is 18.6 Å². The number of fused-ring (bicyclic) bond motifs is 5. The van der Waals surface area contributed by atoms with Gasteiger partial charge in [0.2, 0.25) is 12.1 Å². The Balaban J connectivity index is 1.43. The van der Waals surface area contributed by atoms with Crippen LogP contribution in [-0.2, 0) is 0 Å². The summed E-state index contributed by atoms with van der Waals surface area (Å²) in [4.78, 5) is 17.1. The fraction of sp³-hybridized carbons (Fsp3) is 0.455. The Hall–Kier alpha value is -5.54. The van der Waals surface area contributed by atoms with Crippen LogP contribution in [0.2, 0.25) is 0 Å². The van der Waals surface area contributed by atoms with Crippen molar-refractivity contribution in [2.75, 3.05) is 26.2 Å². The van der Waals surface area contributed by atoms with Gasteiger partial charge in [0, 0.05) is 24.7 Å². The first-order chi connectivity index (χ1) is 23.4. The smallest absolute Gasteiger partial charge is 0.370 e. The summed E-state index contributed by atoms with van der Waals surface area (Å²) in [5, 5.41) is 0. The molecule has 16 nitrogen and oxygen atoms in total. The summed E-state index contributed by atoms with van der Waals surface area (Å²) in [6.45, 7) is 5.38. The zero-order valence-electron chi connectivity index (χ0n) is 28.0. The molecule has 0 radical (unpaired) electrons. The molecule has 2 aromatic rings. The minimum atomic E-state index is -1.19. The Labute approximate surface area is 285 Å². The first-order valence-electron chi connectivity index (χ1n) is 16.5. The van der Waals surface area contributed by atoms with Crippen LogP contribution in [-0.4, -0.2) is 89.7 Å². The highest BCUT2D eigenvalue weighted by molar-refractivity contribution is 5.85. The molecule has 2 fully saturated rings. The van der Waals surface area contributed by atoms with Crippen molar-refractivity contribution in [1.82, 2.24) is 0 Å². The van der Waals surface area contributed by atoms with Gasteiger partial charge in [0.1, 0.15) is 0 Å². The molecule has 2 atom stereocenters. The zero-order valence-corrected chi connectivity index (χ0v) is 28.0. The van der Waals surface area contributed by atoms with Gasteiger partial charge in [0.05, 0.1) is 37.3 Å². The molecular weight excluding hydrogens is 624 g/mol. The number of aliphatic imine (C=N–C) groups is 4. The standard InChI is InChI=1S/C33H48N14O2/c1-17-7-19(23(11-42-29(34)35)12-43-30(36)37)9-21-15-46-25-5-3-4-6-26(25)47-16-22-10-20(24(13-44-31(38)39)14-45-32(40)41)8-18(2)28(22)49-33(46,47)48-27(17)21/h7-10,15-16,23-26H,3-6,11-14H2,1-2H3,(H4,34,35,42)(H4,36,37,43)(H4,38,39,44)(H4,40,41,45)/q+2. The second kappa shape index (κ2) is 13.2. The number of rotatable bonds is 10. The van der Waals surface area contributed by atoms with Crippen LogP contribution >= 0.6 is 0 Å². The van der Waals surface area contributed by atoms with Crippen LogP contribution in [0.15, 0.2) is 44.2 Å².